The normalized spacial score (nSPS) is 10.5. The van der Waals surface area contributed by atoms with Crippen LogP contribution in [0.1, 0.15) is 11.1 Å². The number of rotatable bonds is 7. The van der Waals surface area contributed by atoms with Crippen molar-refractivity contribution >= 4 is 29.0 Å². The zero-order valence-electron chi connectivity index (χ0n) is 13.1. The van der Waals surface area contributed by atoms with E-state index < -0.39 is 0 Å². The lowest BCUT2D eigenvalue weighted by Gasteiger charge is -2.07. The molecule has 0 unspecified atom stereocenters. The summed E-state index contributed by atoms with van der Waals surface area (Å²) in [5.41, 5.74) is 4.37. The molecule has 3 rings (SSSR count). The zero-order chi connectivity index (χ0) is 16.6. The lowest BCUT2D eigenvalue weighted by atomic mass is 10.1. The molecule has 5 heteroatoms. The quantitative estimate of drug-likeness (QED) is 0.685. The number of pyridine rings is 1. The van der Waals surface area contributed by atoms with Crippen LogP contribution in [-0.2, 0) is 17.1 Å². The standard InChI is InChI=1S/C19H18N2OS2/c22-19(14-24-12-15-4-2-1-3-5-15)21-11-16-6-8-20-18(10-16)17-7-9-23-13-17/h1-10,13H,11-12,14H2,(H,21,22). The first-order valence-electron chi connectivity index (χ1n) is 7.67. The number of nitrogens with zero attached hydrogens (tertiary/aromatic N) is 1. The highest BCUT2D eigenvalue weighted by Gasteiger charge is 2.04. The number of amides is 1. The number of carbonyl (C=O) groups excluding carboxylic acids is 1. The van der Waals surface area contributed by atoms with Crippen LogP contribution in [0.2, 0.25) is 0 Å². The highest BCUT2D eigenvalue weighted by molar-refractivity contribution is 7.99. The van der Waals surface area contributed by atoms with Crippen molar-refractivity contribution in [3.05, 3.63) is 76.6 Å². The minimum atomic E-state index is 0.0600. The molecule has 0 saturated carbocycles. The van der Waals surface area contributed by atoms with Crippen molar-refractivity contribution in [2.45, 2.75) is 12.3 Å². The van der Waals surface area contributed by atoms with Crippen molar-refractivity contribution in [1.29, 1.82) is 0 Å². The Morgan fingerprint density at radius 2 is 2.00 bits per heavy atom. The van der Waals surface area contributed by atoms with Crippen LogP contribution in [0, 0.1) is 0 Å². The molecule has 0 aliphatic rings. The van der Waals surface area contributed by atoms with Gasteiger partial charge in [-0.1, -0.05) is 30.3 Å². The van der Waals surface area contributed by atoms with Gasteiger partial charge in [-0.25, -0.2) is 0 Å². The molecule has 24 heavy (non-hydrogen) atoms. The maximum absolute atomic E-state index is 12.0. The first-order valence-corrected chi connectivity index (χ1v) is 9.77. The molecule has 2 aromatic heterocycles. The van der Waals surface area contributed by atoms with Crippen molar-refractivity contribution in [3.63, 3.8) is 0 Å². The van der Waals surface area contributed by atoms with Crippen molar-refractivity contribution < 1.29 is 4.79 Å². The fraction of sp³-hybridized carbons (Fsp3) is 0.158. The van der Waals surface area contributed by atoms with Crippen molar-refractivity contribution in [1.82, 2.24) is 10.3 Å². The highest BCUT2D eigenvalue weighted by atomic mass is 32.2. The Morgan fingerprint density at radius 3 is 2.79 bits per heavy atom. The van der Waals surface area contributed by atoms with E-state index in [9.17, 15) is 4.79 Å². The Kier molecular flexibility index (Phi) is 6.04. The summed E-state index contributed by atoms with van der Waals surface area (Å²) >= 11 is 3.28. The van der Waals surface area contributed by atoms with Gasteiger partial charge in [0.1, 0.15) is 0 Å². The van der Waals surface area contributed by atoms with Gasteiger partial charge in [-0.15, -0.1) is 11.8 Å². The van der Waals surface area contributed by atoms with Crippen LogP contribution in [0.5, 0.6) is 0 Å². The summed E-state index contributed by atoms with van der Waals surface area (Å²) in [4.78, 5) is 16.4. The monoisotopic (exact) mass is 354 g/mol. The molecule has 0 fully saturated rings. The van der Waals surface area contributed by atoms with E-state index in [0.717, 1.165) is 22.6 Å². The number of hydrogen-bond acceptors (Lipinski definition) is 4. The van der Waals surface area contributed by atoms with Gasteiger partial charge in [-0.3, -0.25) is 9.78 Å². The van der Waals surface area contributed by atoms with Crippen molar-refractivity contribution in [2.75, 3.05) is 5.75 Å². The Balaban J connectivity index is 1.45. The van der Waals surface area contributed by atoms with Crippen LogP contribution in [0.15, 0.2) is 65.5 Å². The second-order valence-electron chi connectivity index (χ2n) is 5.32. The Morgan fingerprint density at radius 1 is 1.12 bits per heavy atom. The minimum absolute atomic E-state index is 0.0600. The average molecular weight is 355 g/mol. The van der Waals surface area contributed by atoms with E-state index in [1.807, 2.05) is 35.7 Å². The van der Waals surface area contributed by atoms with Crippen molar-refractivity contribution in [2.24, 2.45) is 0 Å². The molecular formula is C19H18N2OS2. The number of nitrogens with one attached hydrogen (secondary N) is 1. The second kappa shape index (κ2) is 8.66. The smallest absolute Gasteiger partial charge is 0.230 e. The van der Waals surface area contributed by atoms with E-state index in [0.29, 0.717) is 12.3 Å². The molecule has 1 aromatic carbocycles. The molecule has 2 heterocycles. The van der Waals surface area contributed by atoms with E-state index in [1.54, 1.807) is 29.3 Å². The third-order valence-electron chi connectivity index (χ3n) is 3.48. The summed E-state index contributed by atoms with van der Waals surface area (Å²) in [5, 5.41) is 7.08. The van der Waals surface area contributed by atoms with E-state index in [2.05, 4.69) is 33.9 Å². The van der Waals surface area contributed by atoms with Gasteiger partial charge in [0.05, 0.1) is 11.4 Å². The van der Waals surface area contributed by atoms with Gasteiger partial charge < -0.3 is 5.32 Å². The SMILES string of the molecule is O=C(CSCc1ccccc1)NCc1ccnc(-c2ccsc2)c1. The summed E-state index contributed by atoms with van der Waals surface area (Å²) < 4.78 is 0. The predicted molar refractivity (Wildman–Crippen MR) is 102 cm³/mol. The van der Waals surface area contributed by atoms with Gasteiger partial charge in [0.15, 0.2) is 0 Å². The molecule has 0 spiro atoms. The molecular weight excluding hydrogens is 336 g/mol. The van der Waals surface area contributed by atoms with E-state index in [4.69, 9.17) is 0 Å². The summed E-state index contributed by atoms with van der Waals surface area (Å²) in [7, 11) is 0. The molecule has 0 aliphatic carbocycles. The lowest BCUT2D eigenvalue weighted by molar-refractivity contribution is -0.118. The van der Waals surface area contributed by atoms with E-state index >= 15 is 0 Å². The van der Waals surface area contributed by atoms with E-state index in [-0.39, 0.29) is 5.91 Å². The summed E-state index contributed by atoms with van der Waals surface area (Å²) in [6.45, 7) is 0.532. The topological polar surface area (TPSA) is 42.0 Å². The predicted octanol–water partition coefficient (Wildman–Crippen LogP) is 4.36. The molecule has 0 atom stereocenters. The fourth-order valence-corrected chi connectivity index (χ4v) is 3.71. The number of benzene rings is 1. The number of thioether (sulfide) groups is 1. The van der Waals surface area contributed by atoms with Gasteiger partial charge >= 0.3 is 0 Å². The van der Waals surface area contributed by atoms with Crippen LogP contribution in [0.4, 0.5) is 0 Å². The largest absolute Gasteiger partial charge is 0.351 e. The summed E-state index contributed by atoms with van der Waals surface area (Å²) in [6.07, 6.45) is 1.79. The summed E-state index contributed by atoms with van der Waals surface area (Å²) in [6, 6.07) is 16.2. The van der Waals surface area contributed by atoms with Crippen LogP contribution < -0.4 is 5.32 Å². The van der Waals surface area contributed by atoms with Crippen LogP contribution in [0.3, 0.4) is 0 Å². The molecule has 1 amide bonds. The van der Waals surface area contributed by atoms with Gasteiger partial charge in [-0.05, 0) is 34.7 Å². The molecule has 0 aliphatic heterocycles. The zero-order valence-corrected chi connectivity index (χ0v) is 14.8. The molecule has 0 radical (unpaired) electrons. The average Bonchev–Trinajstić information content (AvgIpc) is 3.16. The molecule has 0 bridgehead atoms. The first-order chi connectivity index (χ1) is 11.8. The second-order valence-corrected chi connectivity index (χ2v) is 7.08. The molecule has 122 valence electrons. The van der Waals surface area contributed by atoms with Gasteiger partial charge in [0, 0.05) is 29.4 Å². The Labute approximate surface area is 150 Å². The first kappa shape index (κ1) is 16.7. The molecule has 0 saturated heterocycles. The minimum Gasteiger partial charge on any atom is -0.351 e. The number of aromatic nitrogens is 1. The lowest BCUT2D eigenvalue weighted by Crippen LogP contribution is -2.24. The molecule has 3 aromatic rings. The Hall–Kier alpha value is -2.11. The third-order valence-corrected chi connectivity index (χ3v) is 5.16. The number of carbonyl (C=O) groups is 1. The fourth-order valence-electron chi connectivity index (χ4n) is 2.24. The van der Waals surface area contributed by atoms with E-state index in [1.165, 1.54) is 5.56 Å². The van der Waals surface area contributed by atoms with Gasteiger partial charge in [-0.2, -0.15) is 11.3 Å². The van der Waals surface area contributed by atoms with Crippen LogP contribution in [-0.4, -0.2) is 16.6 Å². The maximum Gasteiger partial charge on any atom is 0.230 e. The summed E-state index contributed by atoms with van der Waals surface area (Å²) in [5.74, 6) is 1.38. The van der Waals surface area contributed by atoms with Crippen LogP contribution >= 0.6 is 23.1 Å². The Bertz CT molecular complexity index is 773. The number of thiophene rings is 1. The molecule has 1 N–H and O–H groups in total. The molecule has 3 nitrogen and oxygen atoms in total. The number of hydrogen-bond donors (Lipinski definition) is 1. The van der Waals surface area contributed by atoms with Crippen LogP contribution in [0.25, 0.3) is 11.3 Å². The van der Waals surface area contributed by atoms with Gasteiger partial charge in [0.25, 0.3) is 0 Å². The maximum atomic E-state index is 12.0. The van der Waals surface area contributed by atoms with Gasteiger partial charge in [0.2, 0.25) is 5.91 Å². The third kappa shape index (κ3) is 4.94. The highest BCUT2D eigenvalue weighted by Crippen LogP contribution is 2.20. The van der Waals surface area contributed by atoms with Crippen molar-refractivity contribution in [3.8, 4) is 11.3 Å².